The van der Waals surface area contributed by atoms with Crippen LogP contribution in [0.5, 0.6) is 5.88 Å². The normalized spacial score (nSPS) is 11.3. The number of benzene rings is 1. The van der Waals surface area contributed by atoms with Gasteiger partial charge >= 0.3 is 0 Å². The molecule has 3 rings (SSSR count). The molecule has 1 aromatic carbocycles. The molecular weight excluding hydrogens is 394 g/mol. The van der Waals surface area contributed by atoms with Gasteiger partial charge in [-0.15, -0.1) is 21.5 Å². The molecule has 0 spiro atoms. The zero-order valence-electron chi connectivity index (χ0n) is 13.8. The SMILES string of the molecule is CCCOc1ccc(-c2ccc(NS(=O)(=O)c3ccc(Cl)s3)cc2)nn1. The van der Waals surface area contributed by atoms with E-state index in [1.807, 2.05) is 13.0 Å². The fourth-order valence-electron chi connectivity index (χ4n) is 2.11. The topological polar surface area (TPSA) is 81.2 Å². The number of hydrogen-bond donors (Lipinski definition) is 1. The summed E-state index contributed by atoms with van der Waals surface area (Å²) < 4.78 is 33.1. The Morgan fingerprint density at radius 2 is 1.85 bits per heavy atom. The van der Waals surface area contributed by atoms with Crippen LogP contribution in [-0.2, 0) is 10.0 Å². The van der Waals surface area contributed by atoms with Gasteiger partial charge in [0.25, 0.3) is 10.0 Å². The second-order valence-corrected chi connectivity index (χ2v) is 8.97. The molecule has 0 unspecified atom stereocenters. The first kappa shape index (κ1) is 18.6. The highest BCUT2D eigenvalue weighted by Gasteiger charge is 2.16. The molecule has 136 valence electrons. The van der Waals surface area contributed by atoms with Crippen LogP contribution in [0.1, 0.15) is 13.3 Å². The summed E-state index contributed by atoms with van der Waals surface area (Å²) in [5.74, 6) is 0.481. The quantitative estimate of drug-likeness (QED) is 0.623. The third-order valence-corrected chi connectivity index (χ3v) is 6.44. The molecule has 0 amide bonds. The van der Waals surface area contributed by atoms with Crippen molar-refractivity contribution in [1.29, 1.82) is 0 Å². The highest BCUT2D eigenvalue weighted by Crippen LogP contribution is 2.28. The van der Waals surface area contributed by atoms with Gasteiger partial charge in [-0.25, -0.2) is 8.42 Å². The number of rotatable bonds is 7. The van der Waals surface area contributed by atoms with E-state index in [2.05, 4.69) is 14.9 Å². The molecule has 1 N–H and O–H groups in total. The first-order valence-electron chi connectivity index (χ1n) is 7.83. The fourth-order valence-corrected chi connectivity index (χ4v) is 4.66. The number of nitrogens with one attached hydrogen (secondary N) is 1. The molecule has 0 atom stereocenters. The summed E-state index contributed by atoms with van der Waals surface area (Å²) in [7, 11) is -3.64. The van der Waals surface area contributed by atoms with Crippen LogP contribution in [-0.4, -0.2) is 25.2 Å². The van der Waals surface area contributed by atoms with E-state index >= 15 is 0 Å². The second-order valence-electron chi connectivity index (χ2n) is 5.35. The number of sulfonamides is 1. The Morgan fingerprint density at radius 1 is 1.08 bits per heavy atom. The van der Waals surface area contributed by atoms with Crippen LogP contribution in [0.25, 0.3) is 11.3 Å². The van der Waals surface area contributed by atoms with E-state index in [1.54, 1.807) is 36.4 Å². The van der Waals surface area contributed by atoms with Crippen LogP contribution >= 0.6 is 22.9 Å². The lowest BCUT2D eigenvalue weighted by molar-refractivity contribution is 0.302. The largest absolute Gasteiger partial charge is 0.477 e. The zero-order chi connectivity index (χ0) is 18.6. The molecule has 0 aliphatic rings. The maximum atomic E-state index is 12.3. The van der Waals surface area contributed by atoms with Crippen molar-refractivity contribution < 1.29 is 13.2 Å². The summed E-state index contributed by atoms with van der Waals surface area (Å²) in [5.41, 5.74) is 1.95. The van der Waals surface area contributed by atoms with Crippen molar-refractivity contribution in [2.24, 2.45) is 0 Å². The van der Waals surface area contributed by atoms with Gasteiger partial charge in [-0.1, -0.05) is 30.7 Å². The molecule has 0 aliphatic heterocycles. The van der Waals surface area contributed by atoms with E-state index in [0.29, 0.717) is 28.2 Å². The molecular formula is C17H16ClN3O3S2. The summed E-state index contributed by atoms with van der Waals surface area (Å²) in [4.78, 5) is 0. The second kappa shape index (κ2) is 8.03. The predicted molar refractivity (Wildman–Crippen MR) is 103 cm³/mol. The number of halogens is 1. The molecule has 0 bridgehead atoms. The van der Waals surface area contributed by atoms with Crippen LogP contribution in [0.4, 0.5) is 5.69 Å². The van der Waals surface area contributed by atoms with Gasteiger partial charge in [0.2, 0.25) is 5.88 Å². The number of anilines is 1. The molecule has 0 aliphatic carbocycles. The lowest BCUT2D eigenvalue weighted by Gasteiger charge is -2.07. The Labute approximate surface area is 160 Å². The van der Waals surface area contributed by atoms with Crippen LogP contribution in [0.3, 0.4) is 0 Å². The third kappa shape index (κ3) is 4.51. The molecule has 0 radical (unpaired) electrons. The predicted octanol–water partition coefficient (Wildman–Crippen LogP) is 4.45. The van der Waals surface area contributed by atoms with E-state index in [0.717, 1.165) is 23.3 Å². The average molecular weight is 410 g/mol. The minimum Gasteiger partial charge on any atom is -0.477 e. The summed E-state index contributed by atoms with van der Waals surface area (Å²) in [6.07, 6.45) is 0.901. The van der Waals surface area contributed by atoms with Gasteiger partial charge in [-0.05, 0) is 36.8 Å². The highest BCUT2D eigenvalue weighted by atomic mass is 35.5. The molecule has 2 aromatic heterocycles. The Kier molecular flexibility index (Phi) is 5.75. The summed E-state index contributed by atoms with van der Waals surface area (Å²) in [6, 6.07) is 13.5. The minimum absolute atomic E-state index is 0.167. The molecule has 0 saturated heterocycles. The van der Waals surface area contributed by atoms with Crippen molar-refractivity contribution in [3.05, 3.63) is 52.9 Å². The molecule has 3 aromatic rings. The Bertz CT molecular complexity index is 971. The Hall–Kier alpha value is -2.16. The van der Waals surface area contributed by atoms with Gasteiger partial charge in [0.15, 0.2) is 0 Å². The van der Waals surface area contributed by atoms with E-state index in [9.17, 15) is 8.42 Å². The van der Waals surface area contributed by atoms with E-state index in [-0.39, 0.29) is 4.21 Å². The van der Waals surface area contributed by atoms with Gasteiger partial charge < -0.3 is 4.74 Å². The molecule has 6 nitrogen and oxygen atoms in total. The first-order valence-corrected chi connectivity index (χ1v) is 10.5. The number of nitrogens with zero attached hydrogens (tertiary/aromatic N) is 2. The van der Waals surface area contributed by atoms with Crippen molar-refractivity contribution in [1.82, 2.24) is 10.2 Å². The summed E-state index contributed by atoms with van der Waals surface area (Å²) >= 11 is 6.81. The van der Waals surface area contributed by atoms with Gasteiger partial charge in [-0.2, -0.15) is 0 Å². The van der Waals surface area contributed by atoms with Crippen molar-refractivity contribution in [2.75, 3.05) is 11.3 Å². The van der Waals surface area contributed by atoms with Crippen LogP contribution in [0.2, 0.25) is 4.34 Å². The fraction of sp³-hybridized carbons (Fsp3) is 0.176. The number of aromatic nitrogens is 2. The smallest absolute Gasteiger partial charge is 0.271 e. The summed E-state index contributed by atoms with van der Waals surface area (Å²) in [6.45, 7) is 2.61. The van der Waals surface area contributed by atoms with Crippen molar-refractivity contribution in [3.8, 4) is 17.1 Å². The van der Waals surface area contributed by atoms with Gasteiger partial charge in [0.05, 0.1) is 16.6 Å². The molecule has 2 heterocycles. The molecule has 9 heteroatoms. The number of ether oxygens (including phenoxy) is 1. The van der Waals surface area contributed by atoms with Crippen molar-refractivity contribution >= 4 is 38.6 Å². The highest BCUT2D eigenvalue weighted by molar-refractivity contribution is 7.94. The zero-order valence-corrected chi connectivity index (χ0v) is 16.2. The van der Waals surface area contributed by atoms with E-state index in [4.69, 9.17) is 16.3 Å². The molecule has 26 heavy (non-hydrogen) atoms. The Morgan fingerprint density at radius 3 is 2.42 bits per heavy atom. The number of thiophene rings is 1. The lowest BCUT2D eigenvalue weighted by Crippen LogP contribution is -2.11. The monoisotopic (exact) mass is 409 g/mol. The van der Waals surface area contributed by atoms with Crippen LogP contribution in [0, 0.1) is 0 Å². The van der Waals surface area contributed by atoms with Gasteiger partial charge in [0.1, 0.15) is 4.21 Å². The number of hydrogen-bond acceptors (Lipinski definition) is 6. The van der Waals surface area contributed by atoms with Crippen molar-refractivity contribution in [3.63, 3.8) is 0 Å². The van der Waals surface area contributed by atoms with Crippen molar-refractivity contribution in [2.45, 2.75) is 17.6 Å². The molecule has 0 fully saturated rings. The standard InChI is InChI=1S/C17H16ClN3O3S2/c1-2-11-24-16-9-7-14(19-20-16)12-3-5-13(6-4-12)21-26(22,23)17-10-8-15(18)25-17/h3-10,21H,2,11H2,1H3. The van der Waals surface area contributed by atoms with Crippen LogP contribution < -0.4 is 9.46 Å². The minimum atomic E-state index is -3.64. The third-order valence-electron chi connectivity index (χ3n) is 3.34. The first-order chi connectivity index (χ1) is 12.5. The van der Waals surface area contributed by atoms with E-state index < -0.39 is 10.0 Å². The average Bonchev–Trinajstić information content (AvgIpc) is 3.08. The lowest BCUT2D eigenvalue weighted by atomic mass is 10.1. The Balaban J connectivity index is 1.72. The summed E-state index contributed by atoms with van der Waals surface area (Å²) in [5, 5.41) is 8.15. The maximum Gasteiger partial charge on any atom is 0.271 e. The maximum absolute atomic E-state index is 12.3. The molecule has 0 saturated carbocycles. The van der Waals surface area contributed by atoms with Crippen LogP contribution in [0.15, 0.2) is 52.7 Å². The van der Waals surface area contributed by atoms with E-state index in [1.165, 1.54) is 6.07 Å². The van der Waals surface area contributed by atoms with Gasteiger partial charge in [0, 0.05) is 17.3 Å². The van der Waals surface area contributed by atoms with Gasteiger partial charge in [-0.3, -0.25) is 4.72 Å².